The third kappa shape index (κ3) is 4.07. The number of rotatable bonds is 5. The lowest BCUT2D eigenvalue weighted by Crippen LogP contribution is -2.48. The molecular formula is C11H24N2O2. The minimum Gasteiger partial charge on any atom is -0.382 e. The standard InChI is InChI=1S/C11H24N2O2/c1-9-6-13(5-4-11(9)12)7-10(15-3)8-14-2/h9-11H,4-8,12H2,1-3H3. The topological polar surface area (TPSA) is 47.7 Å². The van der Waals surface area contributed by atoms with E-state index in [0.717, 1.165) is 26.1 Å². The molecule has 1 heterocycles. The van der Waals surface area contributed by atoms with E-state index in [2.05, 4.69) is 11.8 Å². The van der Waals surface area contributed by atoms with Gasteiger partial charge < -0.3 is 20.1 Å². The van der Waals surface area contributed by atoms with Crippen LogP contribution in [0.25, 0.3) is 0 Å². The second kappa shape index (κ2) is 6.43. The fourth-order valence-electron chi connectivity index (χ4n) is 2.09. The molecule has 0 aromatic carbocycles. The van der Waals surface area contributed by atoms with Crippen LogP contribution in [0.3, 0.4) is 0 Å². The first-order valence-electron chi connectivity index (χ1n) is 5.67. The van der Waals surface area contributed by atoms with E-state index in [0.29, 0.717) is 18.6 Å². The normalized spacial score (nSPS) is 30.4. The molecule has 90 valence electrons. The molecule has 1 aliphatic rings. The maximum absolute atomic E-state index is 5.98. The molecule has 0 bridgehead atoms. The van der Waals surface area contributed by atoms with Crippen LogP contribution < -0.4 is 5.73 Å². The Morgan fingerprint density at radius 2 is 2.20 bits per heavy atom. The predicted octanol–water partition coefficient (Wildman–Crippen LogP) is 0.317. The summed E-state index contributed by atoms with van der Waals surface area (Å²) in [5, 5.41) is 0. The smallest absolute Gasteiger partial charge is 0.0931 e. The minimum atomic E-state index is 0.177. The molecule has 3 unspecified atom stereocenters. The molecule has 1 fully saturated rings. The van der Waals surface area contributed by atoms with Crippen LogP contribution in [0.4, 0.5) is 0 Å². The Labute approximate surface area is 92.7 Å². The molecule has 15 heavy (non-hydrogen) atoms. The van der Waals surface area contributed by atoms with Crippen LogP contribution in [0, 0.1) is 5.92 Å². The zero-order valence-electron chi connectivity index (χ0n) is 10.1. The summed E-state index contributed by atoms with van der Waals surface area (Å²) in [5.41, 5.74) is 5.98. The van der Waals surface area contributed by atoms with E-state index in [1.54, 1.807) is 14.2 Å². The largest absolute Gasteiger partial charge is 0.382 e. The van der Waals surface area contributed by atoms with E-state index in [-0.39, 0.29) is 6.10 Å². The van der Waals surface area contributed by atoms with Gasteiger partial charge in [0, 0.05) is 33.4 Å². The predicted molar refractivity (Wildman–Crippen MR) is 60.9 cm³/mol. The molecule has 1 rings (SSSR count). The fraction of sp³-hybridized carbons (Fsp3) is 1.00. The maximum atomic E-state index is 5.98. The first-order chi connectivity index (χ1) is 7.17. The number of piperidine rings is 1. The molecule has 0 saturated carbocycles. The third-order valence-corrected chi connectivity index (χ3v) is 3.20. The lowest BCUT2D eigenvalue weighted by Gasteiger charge is -2.36. The second-order valence-electron chi connectivity index (χ2n) is 4.50. The van der Waals surface area contributed by atoms with E-state index >= 15 is 0 Å². The molecule has 1 aliphatic heterocycles. The first-order valence-corrected chi connectivity index (χ1v) is 5.67. The maximum Gasteiger partial charge on any atom is 0.0931 e. The Morgan fingerprint density at radius 1 is 1.47 bits per heavy atom. The molecule has 4 nitrogen and oxygen atoms in total. The van der Waals surface area contributed by atoms with E-state index in [1.165, 1.54) is 0 Å². The van der Waals surface area contributed by atoms with Gasteiger partial charge in [0.1, 0.15) is 0 Å². The average Bonchev–Trinajstić information content (AvgIpc) is 2.23. The van der Waals surface area contributed by atoms with E-state index < -0.39 is 0 Å². The molecule has 0 spiro atoms. The summed E-state index contributed by atoms with van der Waals surface area (Å²) in [4.78, 5) is 2.42. The number of methoxy groups -OCH3 is 2. The van der Waals surface area contributed by atoms with Gasteiger partial charge in [-0.25, -0.2) is 0 Å². The van der Waals surface area contributed by atoms with Gasteiger partial charge in [-0.05, 0) is 18.9 Å². The van der Waals surface area contributed by atoms with Crippen molar-refractivity contribution in [2.75, 3.05) is 40.5 Å². The van der Waals surface area contributed by atoms with Gasteiger partial charge in [0.2, 0.25) is 0 Å². The number of nitrogens with zero attached hydrogens (tertiary/aromatic N) is 1. The van der Waals surface area contributed by atoms with Crippen molar-refractivity contribution in [1.29, 1.82) is 0 Å². The lowest BCUT2D eigenvalue weighted by atomic mass is 9.95. The highest BCUT2D eigenvalue weighted by Gasteiger charge is 2.24. The summed E-state index contributed by atoms with van der Waals surface area (Å²) >= 11 is 0. The quantitative estimate of drug-likeness (QED) is 0.719. The Kier molecular flexibility index (Phi) is 5.53. The van der Waals surface area contributed by atoms with Gasteiger partial charge in [-0.15, -0.1) is 0 Å². The molecule has 0 aliphatic carbocycles. The molecule has 1 saturated heterocycles. The van der Waals surface area contributed by atoms with Crippen molar-refractivity contribution in [2.45, 2.75) is 25.5 Å². The Balaban J connectivity index is 2.31. The van der Waals surface area contributed by atoms with Crippen LogP contribution >= 0.6 is 0 Å². The van der Waals surface area contributed by atoms with Crippen LogP contribution in [0.2, 0.25) is 0 Å². The van der Waals surface area contributed by atoms with Gasteiger partial charge in [-0.3, -0.25) is 0 Å². The number of hydrogen-bond donors (Lipinski definition) is 1. The third-order valence-electron chi connectivity index (χ3n) is 3.20. The Morgan fingerprint density at radius 3 is 2.73 bits per heavy atom. The zero-order valence-corrected chi connectivity index (χ0v) is 10.1. The van der Waals surface area contributed by atoms with Crippen molar-refractivity contribution < 1.29 is 9.47 Å². The van der Waals surface area contributed by atoms with Gasteiger partial charge in [0.05, 0.1) is 12.7 Å². The summed E-state index contributed by atoms with van der Waals surface area (Å²) in [7, 11) is 3.45. The average molecular weight is 216 g/mol. The molecule has 0 radical (unpaired) electrons. The van der Waals surface area contributed by atoms with Crippen molar-refractivity contribution in [1.82, 2.24) is 4.90 Å². The van der Waals surface area contributed by atoms with E-state index in [1.807, 2.05) is 0 Å². The minimum absolute atomic E-state index is 0.177. The molecule has 0 aromatic heterocycles. The van der Waals surface area contributed by atoms with Crippen LogP contribution in [-0.2, 0) is 9.47 Å². The summed E-state index contributed by atoms with van der Waals surface area (Å²) in [6.07, 6.45) is 1.27. The van der Waals surface area contributed by atoms with Crippen molar-refractivity contribution in [3.05, 3.63) is 0 Å². The SMILES string of the molecule is COCC(CN1CCC(N)C(C)C1)OC. The van der Waals surface area contributed by atoms with E-state index in [4.69, 9.17) is 15.2 Å². The Bertz CT molecular complexity index is 178. The molecule has 3 atom stereocenters. The van der Waals surface area contributed by atoms with E-state index in [9.17, 15) is 0 Å². The Hall–Kier alpha value is -0.160. The van der Waals surface area contributed by atoms with Crippen molar-refractivity contribution in [3.8, 4) is 0 Å². The highest BCUT2D eigenvalue weighted by Crippen LogP contribution is 2.15. The highest BCUT2D eigenvalue weighted by molar-refractivity contribution is 4.81. The lowest BCUT2D eigenvalue weighted by molar-refractivity contribution is -0.00236. The van der Waals surface area contributed by atoms with Gasteiger partial charge in [-0.1, -0.05) is 6.92 Å². The van der Waals surface area contributed by atoms with Crippen LogP contribution in [0.15, 0.2) is 0 Å². The summed E-state index contributed by atoms with van der Waals surface area (Å²) in [6, 6.07) is 0.365. The number of likely N-dealkylation sites (tertiary alicyclic amines) is 1. The molecule has 0 amide bonds. The van der Waals surface area contributed by atoms with Gasteiger partial charge in [0.15, 0.2) is 0 Å². The van der Waals surface area contributed by atoms with Crippen molar-refractivity contribution in [2.24, 2.45) is 11.7 Å². The number of ether oxygens (including phenoxy) is 2. The molecule has 0 aromatic rings. The summed E-state index contributed by atoms with van der Waals surface area (Å²) in [6.45, 7) is 5.98. The number of nitrogens with two attached hydrogens (primary N) is 1. The number of hydrogen-bond acceptors (Lipinski definition) is 4. The van der Waals surface area contributed by atoms with Crippen molar-refractivity contribution >= 4 is 0 Å². The summed E-state index contributed by atoms with van der Waals surface area (Å²) in [5.74, 6) is 0.582. The van der Waals surface area contributed by atoms with Gasteiger partial charge >= 0.3 is 0 Å². The summed E-state index contributed by atoms with van der Waals surface area (Å²) < 4.78 is 10.5. The molecular weight excluding hydrogens is 192 g/mol. The van der Waals surface area contributed by atoms with Gasteiger partial charge in [-0.2, -0.15) is 0 Å². The van der Waals surface area contributed by atoms with Crippen LogP contribution in [-0.4, -0.2) is 57.5 Å². The zero-order chi connectivity index (χ0) is 11.3. The van der Waals surface area contributed by atoms with Gasteiger partial charge in [0.25, 0.3) is 0 Å². The molecule has 4 heteroatoms. The highest BCUT2D eigenvalue weighted by atomic mass is 16.5. The van der Waals surface area contributed by atoms with Crippen LogP contribution in [0.5, 0.6) is 0 Å². The van der Waals surface area contributed by atoms with Crippen LogP contribution in [0.1, 0.15) is 13.3 Å². The first kappa shape index (κ1) is 12.9. The fourth-order valence-corrected chi connectivity index (χ4v) is 2.09. The van der Waals surface area contributed by atoms with Crippen molar-refractivity contribution in [3.63, 3.8) is 0 Å². The monoisotopic (exact) mass is 216 g/mol. The molecule has 2 N–H and O–H groups in total. The second-order valence-corrected chi connectivity index (χ2v) is 4.50.